The van der Waals surface area contributed by atoms with Crippen LogP contribution >= 0.6 is 15.9 Å². The fourth-order valence-corrected chi connectivity index (χ4v) is 3.54. The lowest BCUT2D eigenvalue weighted by Crippen LogP contribution is -2.49. The molecule has 1 aromatic carbocycles. The number of carbonyl (C=O) groups excluding carboxylic acids is 2. The molecule has 0 radical (unpaired) electrons. The Labute approximate surface area is 157 Å². The van der Waals surface area contributed by atoms with Gasteiger partial charge in [-0.25, -0.2) is 4.79 Å². The van der Waals surface area contributed by atoms with Gasteiger partial charge in [0.1, 0.15) is 5.75 Å². The summed E-state index contributed by atoms with van der Waals surface area (Å²) >= 11 is 3.38. The van der Waals surface area contributed by atoms with Crippen molar-refractivity contribution in [2.24, 2.45) is 0 Å². The van der Waals surface area contributed by atoms with Crippen molar-refractivity contribution in [1.29, 1.82) is 0 Å². The van der Waals surface area contributed by atoms with Gasteiger partial charge in [0.2, 0.25) is 0 Å². The predicted octanol–water partition coefficient (Wildman–Crippen LogP) is 3.80. The van der Waals surface area contributed by atoms with Crippen molar-refractivity contribution >= 4 is 33.9 Å². The zero-order valence-corrected chi connectivity index (χ0v) is 16.4. The molecule has 1 aliphatic heterocycles. The number of hydrogen-bond donors (Lipinski definition) is 0. The molecule has 0 N–H and O–H groups in total. The van der Waals surface area contributed by atoms with Crippen molar-refractivity contribution in [3.63, 3.8) is 0 Å². The number of rotatable bonds is 5. The van der Waals surface area contributed by atoms with E-state index in [0.29, 0.717) is 5.75 Å². The van der Waals surface area contributed by atoms with E-state index < -0.39 is 5.97 Å². The normalized spacial score (nSPS) is 20.6. The molecular weight excluding hydrogens is 386 g/mol. The molecule has 1 aromatic rings. The number of likely N-dealkylation sites (tertiary alicyclic amines) is 1. The van der Waals surface area contributed by atoms with Crippen LogP contribution in [0, 0.1) is 0 Å². The van der Waals surface area contributed by atoms with E-state index in [1.165, 1.54) is 6.08 Å². The molecule has 0 spiro atoms. The Morgan fingerprint density at radius 1 is 1.28 bits per heavy atom. The number of halogens is 1. The van der Waals surface area contributed by atoms with Crippen LogP contribution in [0.3, 0.4) is 0 Å². The second-order valence-corrected chi connectivity index (χ2v) is 7.17. The molecule has 2 rings (SSSR count). The summed E-state index contributed by atoms with van der Waals surface area (Å²) in [7, 11) is 1.57. The number of esters is 1. The van der Waals surface area contributed by atoms with Gasteiger partial charge in [-0.15, -0.1) is 0 Å². The maximum atomic E-state index is 12.3. The Balaban J connectivity index is 1.92. The maximum Gasteiger partial charge on any atom is 0.331 e. The van der Waals surface area contributed by atoms with Crippen LogP contribution in [0.25, 0.3) is 6.08 Å². The number of piperidine rings is 1. The van der Waals surface area contributed by atoms with Crippen LogP contribution in [0.5, 0.6) is 5.75 Å². The molecule has 0 unspecified atom stereocenters. The second-order valence-electron chi connectivity index (χ2n) is 6.26. The van der Waals surface area contributed by atoms with Gasteiger partial charge >= 0.3 is 5.97 Å². The molecule has 0 aromatic heterocycles. The first kappa shape index (κ1) is 19.5. The number of methoxy groups -OCH3 is 1. The van der Waals surface area contributed by atoms with Gasteiger partial charge in [-0.1, -0.05) is 15.9 Å². The predicted molar refractivity (Wildman–Crippen MR) is 100 cm³/mol. The molecule has 25 heavy (non-hydrogen) atoms. The molecule has 6 heteroatoms. The average molecular weight is 410 g/mol. The van der Waals surface area contributed by atoms with E-state index in [2.05, 4.69) is 15.9 Å². The zero-order valence-electron chi connectivity index (χ0n) is 14.8. The average Bonchev–Trinajstić information content (AvgIpc) is 2.58. The van der Waals surface area contributed by atoms with E-state index in [1.54, 1.807) is 19.3 Å². The first-order valence-electron chi connectivity index (χ1n) is 8.42. The Hall–Kier alpha value is -1.82. The lowest BCUT2D eigenvalue weighted by atomic mass is 9.97. The topological polar surface area (TPSA) is 55.8 Å². The summed E-state index contributed by atoms with van der Waals surface area (Å²) in [4.78, 5) is 26.1. The first-order valence-corrected chi connectivity index (χ1v) is 9.21. The third-order valence-corrected chi connectivity index (χ3v) is 4.90. The molecule has 2 atom stereocenters. The highest BCUT2D eigenvalue weighted by Gasteiger charge is 2.29. The van der Waals surface area contributed by atoms with Gasteiger partial charge in [0.25, 0.3) is 5.91 Å². The Morgan fingerprint density at radius 3 is 2.60 bits per heavy atom. The van der Waals surface area contributed by atoms with Gasteiger partial charge in [-0.05, 0) is 57.4 Å². The number of benzene rings is 1. The van der Waals surface area contributed by atoms with Crippen molar-refractivity contribution in [2.75, 3.05) is 13.7 Å². The largest absolute Gasteiger partial charge is 0.496 e. The van der Waals surface area contributed by atoms with Gasteiger partial charge in [-0.2, -0.15) is 0 Å². The quantitative estimate of drug-likeness (QED) is 0.547. The van der Waals surface area contributed by atoms with Gasteiger partial charge in [0.15, 0.2) is 6.61 Å². The Morgan fingerprint density at radius 2 is 1.96 bits per heavy atom. The van der Waals surface area contributed by atoms with Crippen LogP contribution in [-0.4, -0.2) is 42.6 Å². The van der Waals surface area contributed by atoms with E-state index >= 15 is 0 Å². The highest BCUT2D eigenvalue weighted by atomic mass is 79.9. The summed E-state index contributed by atoms with van der Waals surface area (Å²) < 4.78 is 11.2. The molecule has 0 bridgehead atoms. The minimum Gasteiger partial charge on any atom is -0.496 e. The molecule has 136 valence electrons. The van der Waals surface area contributed by atoms with Crippen LogP contribution in [0.1, 0.15) is 38.7 Å². The second kappa shape index (κ2) is 9.04. The summed E-state index contributed by atoms with van der Waals surface area (Å²) in [5.41, 5.74) is 0.749. The van der Waals surface area contributed by atoms with Crippen molar-refractivity contribution < 1.29 is 19.1 Å². The third-order valence-electron chi connectivity index (χ3n) is 4.41. The highest BCUT2D eigenvalue weighted by molar-refractivity contribution is 9.10. The smallest absolute Gasteiger partial charge is 0.331 e. The molecular formula is C19H24BrNO4. The van der Waals surface area contributed by atoms with E-state index in [4.69, 9.17) is 9.47 Å². The molecule has 0 aliphatic carbocycles. The van der Waals surface area contributed by atoms with Crippen molar-refractivity contribution in [1.82, 2.24) is 4.90 Å². The summed E-state index contributed by atoms with van der Waals surface area (Å²) in [6, 6.07) is 5.88. The molecule has 1 fully saturated rings. The number of carbonyl (C=O) groups is 2. The number of nitrogens with zero attached hydrogens (tertiary/aromatic N) is 1. The van der Waals surface area contributed by atoms with E-state index in [-0.39, 0.29) is 24.6 Å². The van der Waals surface area contributed by atoms with Gasteiger partial charge in [0, 0.05) is 28.2 Å². The van der Waals surface area contributed by atoms with Crippen LogP contribution in [-0.2, 0) is 14.3 Å². The summed E-state index contributed by atoms with van der Waals surface area (Å²) in [5.74, 6) is -0.0338. The standard InChI is InChI=1S/C19H24BrNO4/c1-13-5-4-6-14(2)21(13)18(22)12-25-19(23)10-7-15-11-16(20)8-9-17(15)24-3/h7-11,13-14H,4-6,12H2,1-3H3/b10-7+/t13-,14+. The van der Waals surface area contributed by atoms with Crippen LogP contribution < -0.4 is 4.74 Å². The SMILES string of the molecule is COc1ccc(Br)cc1/C=C/C(=O)OCC(=O)N1[C@H](C)CCC[C@@H]1C. The lowest BCUT2D eigenvalue weighted by molar-refractivity contribution is -0.151. The van der Waals surface area contributed by atoms with Crippen LogP contribution in [0.4, 0.5) is 0 Å². The molecule has 1 aliphatic rings. The molecule has 1 heterocycles. The molecule has 1 saturated heterocycles. The van der Waals surface area contributed by atoms with Crippen molar-refractivity contribution in [3.05, 3.63) is 34.3 Å². The summed E-state index contributed by atoms with van der Waals surface area (Å²) in [5, 5.41) is 0. The first-order chi connectivity index (χ1) is 11.9. The lowest BCUT2D eigenvalue weighted by Gasteiger charge is -2.38. The van der Waals surface area contributed by atoms with Crippen LogP contribution in [0.2, 0.25) is 0 Å². The van der Waals surface area contributed by atoms with Gasteiger partial charge in [0.05, 0.1) is 7.11 Å². The fraction of sp³-hybridized carbons (Fsp3) is 0.474. The van der Waals surface area contributed by atoms with E-state index in [1.807, 2.05) is 30.9 Å². The monoisotopic (exact) mass is 409 g/mol. The van der Waals surface area contributed by atoms with Gasteiger partial charge < -0.3 is 14.4 Å². The number of ether oxygens (including phenoxy) is 2. The number of hydrogen-bond acceptors (Lipinski definition) is 4. The maximum absolute atomic E-state index is 12.3. The molecule has 0 saturated carbocycles. The molecule has 5 nitrogen and oxygen atoms in total. The van der Waals surface area contributed by atoms with Crippen molar-refractivity contribution in [2.45, 2.75) is 45.2 Å². The Kier molecular flexibility index (Phi) is 7.05. The fourth-order valence-electron chi connectivity index (χ4n) is 3.16. The minimum atomic E-state index is -0.548. The summed E-state index contributed by atoms with van der Waals surface area (Å²) in [6.45, 7) is 3.84. The zero-order chi connectivity index (χ0) is 18.4. The van der Waals surface area contributed by atoms with E-state index in [0.717, 1.165) is 29.3 Å². The van der Waals surface area contributed by atoms with E-state index in [9.17, 15) is 9.59 Å². The minimum absolute atomic E-state index is 0.138. The summed E-state index contributed by atoms with van der Waals surface area (Å²) in [6.07, 6.45) is 6.03. The van der Waals surface area contributed by atoms with Crippen molar-refractivity contribution in [3.8, 4) is 5.75 Å². The molecule has 1 amide bonds. The Bertz CT molecular complexity index is 649. The van der Waals surface area contributed by atoms with Gasteiger partial charge in [-0.3, -0.25) is 4.79 Å². The third kappa shape index (κ3) is 5.33. The number of amides is 1. The highest BCUT2D eigenvalue weighted by Crippen LogP contribution is 2.24. The van der Waals surface area contributed by atoms with Crippen LogP contribution in [0.15, 0.2) is 28.7 Å².